The molecule has 1 rings (SSSR count). The summed E-state index contributed by atoms with van der Waals surface area (Å²) in [5.74, 6) is -1.31. The number of aliphatic hydroxyl groups is 1. The van der Waals surface area contributed by atoms with E-state index in [1.807, 2.05) is 0 Å². The number of carbonyl (C=O) groups is 2. The Morgan fingerprint density at radius 3 is 2.71 bits per heavy atom. The zero-order valence-electron chi connectivity index (χ0n) is 10.3. The van der Waals surface area contributed by atoms with Gasteiger partial charge in [0.2, 0.25) is 0 Å². The van der Waals surface area contributed by atoms with Gasteiger partial charge in [-0.1, -0.05) is 0 Å². The summed E-state index contributed by atoms with van der Waals surface area (Å²) in [6.07, 6.45) is 1.34. The van der Waals surface area contributed by atoms with Crippen molar-refractivity contribution in [3.05, 3.63) is 0 Å². The molecule has 6 heteroatoms. The molecule has 0 aromatic rings. The van der Waals surface area contributed by atoms with Crippen LogP contribution >= 0.6 is 0 Å². The molecule has 1 heterocycles. The number of carboxylic acids is 1. The summed E-state index contributed by atoms with van der Waals surface area (Å²) in [7, 11) is 1.62. The fraction of sp³-hybridized carbons (Fsp3) is 0.818. The molecule has 0 saturated carbocycles. The topological polar surface area (TPSA) is 81.1 Å². The summed E-state index contributed by atoms with van der Waals surface area (Å²) in [4.78, 5) is 25.9. The van der Waals surface area contributed by atoms with Crippen molar-refractivity contribution in [2.45, 2.75) is 25.8 Å². The Morgan fingerprint density at radius 1 is 1.53 bits per heavy atom. The number of aliphatic carboxylic acids is 1. The number of urea groups is 1. The predicted octanol–water partition coefficient (Wildman–Crippen LogP) is 0.216. The molecular formula is C11H20N2O4. The minimum absolute atomic E-state index is 0.0988. The van der Waals surface area contributed by atoms with E-state index in [1.165, 1.54) is 4.90 Å². The molecule has 6 nitrogen and oxygen atoms in total. The third kappa shape index (κ3) is 3.33. The Hall–Kier alpha value is -1.30. The number of hydrogen-bond acceptors (Lipinski definition) is 3. The van der Waals surface area contributed by atoms with Crippen LogP contribution in [0.2, 0.25) is 0 Å². The first-order chi connectivity index (χ1) is 7.97. The number of likely N-dealkylation sites (N-methyl/N-ethyl adjacent to an activating group) is 1. The van der Waals surface area contributed by atoms with E-state index in [2.05, 4.69) is 0 Å². The summed E-state index contributed by atoms with van der Waals surface area (Å²) < 4.78 is 0. The normalized spacial score (nSPS) is 22.1. The Kier molecular flexibility index (Phi) is 4.74. The molecule has 1 fully saturated rings. The average Bonchev–Trinajstić information content (AvgIpc) is 2.36. The molecule has 0 aliphatic carbocycles. The van der Waals surface area contributed by atoms with E-state index >= 15 is 0 Å². The number of rotatable bonds is 3. The first kappa shape index (κ1) is 13.8. The standard InChI is InChI=1S/C11H20N2O4/c1-8(7-14)12(2)11(17)13-5-3-4-9(6-13)10(15)16/h8-9,14H,3-7H2,1-2H3,(H,15,16). The quantitative estimate of drug-likeness (QED) is 0.744. The van der Waals surface area contributed by atoms with E-state index in [9.17, 15) is 9.59 Å². The zero-order chi connectivity index (χ0) is 13.0. The molecule has 2 N–H and O–H groups in total. The van der Waals surface area contributed by atoms with Crippen LogP contribution in [-0.4, -0.2) is 64.8 Å². The Bertz CT molecular complexity index is 295. The first-order valence-electron chi connectivity index (χ1n) is 5.82. The van der Waals surface area contributed by atoms with Gasteiger partial charge in [-0.15, -0.1) is 0 Å². The Balaban J connectivity index is 2.60. The second-order valence-electron chi connectivity index (χ2n) is 4.55. The smallest absolute Gasteiger partial charge is 0.320 e. The number of amides is 2. The molecule has 1 aliphatic rings. The van der Waals surface area contributed by atoms with Gasteiger partial charge in [0.1, 0.15) is 0 Å². The molecule has 2 amide bonds. The van der Waals surface area contributed by atoms with Gasteiger partial charge >= 0.3 is 12.0 Å². The molecule has 1 aliphatic heterocycles. The lowest BCUT2D eigenvalue weighted by molar-refractivity contribution is -0.143. The second kappa shape index (κ2) is 5.86. The molecule has 0 aromatic carbocycles. The van der Waals surface area contributed by atoms with Crippen molar-refractivity contribution in [3.8, 4) is 0 Å². The maximum Gasteiger partial charge on any atom is 0.320 e. The highest BCUT2D eigenvalue weighted by molar-refractivity contribution is 5.76. The molecule has 0 spiro atoms. The van der Waals surface area contributed by atoms with Gasteiger partial charge < -0.3 is 20.0 Å². The molecule has 2 unspecified atom stereocenters. The first-order valence-corrected chi connectivity index (χ1v) is 5.82. The van der Waals surface area contributed by atoms with Crippen LogP contribution in [0.3, 0.4) is 0 Å². The van der Waals surface area contributed by atoms with Gasteiger partial charge in [-0.05, 0) is 19.8 Å². The summed E-state index contributed by atoms with van der Waals surface area (Å²) in [5.41, 5.74) is 0. The van der Waals surface area contributed by atoms with Gasteiger partial charge in [0, 0.05) is 20.1 Å². The van der Waals surface area contributed by atoms with Gasteiger partial charge in [-0.3, -0.25) is 4.79 Å². The Morgan fingerprint density at radius 2 is 2.18 bits per heavy atom. The van der Waals surface area contributed by atoms with Gasteiger partial charge in [0.15, 0.2) is 0 Å². The monoisotopic (exact) mass is 244 g/mol. The maximum atomic E-state index is 12.0. The molecule has 0 aromatic heterocycles. The van der Waals surface area contributed by atoms with Crippen molar-refractivity contribution in [3.63, 3.8) is 0 Å². The molecule has 17 heavy (non-hydrogen) atoms. The van der Waals surface area contributed by atoms with Crippen LogP contribution in [0.5, 0.6) is 0 Å². The van der Waals surface area contributed by atoms with Crippen LogP contribution in [0.4, 0.5) is 4.79 Å². The second-order valence-corrected chi connectivity index (χ2v) is 4.55. The van der Waals surface area contributed by atoms with Crippen LogP contribution in [0, 0.1) is 5.92 Å². The molecule has 2 atom stereocenters. The van der Waals surface area contributed by atoms with E-state index in [4.69, 9.17) is 10.2 Å². The largest absolute Gasteiger partial charge is 0.481 e. The van der Waals surface area contributed by atoms with E-state index in [-0.39, 0.29) is 25.2 Å². The van der Waals surface area contributed by atoms with Crippen molar-refractivity contribution in [2.24, 2.45) is 5.92 Å². The Labute approximate surface area is 101 Å². The highest BCUT2D eigenvalue weighted by Crippen LogP contribution is 2.18. The van der Waals surface area contributed by atoms with Gasteiger partial charge in [0.05, 0.1) is 18.6 Å². The SMILES string of the molecule is CC(CO)N(C)C(=O)N1CCCC(C(=O)O)C1. The molecule has 98 valence electrons. The fourth-order valence-corrected chi connectivity index (χ4v) is 1.89. The lowest BCUT2D eigenvalue weighted by Gasteiger charge is -2.35. The molecular weight excluding hydrogens is 224 g/mol. The van der Waals surface area contributed by atoms with Crippen LogP contribution in [-0.2, 0) is 4.79 Å². The number of carboxylic acid groups (broad SMARTS) is 1. The fourth-order valence-electron chi connectivity index (χ4n) is 1.89. The number of aliphatic hydroxyl groups excluding tert-OH is 1. The predicted molar refractivity (Wildman–Crippen MR) is 61.6 cm³/mol. The maximum absolute atomic E-state index is 12.0. The number of likely N-dealkylation sites (tertiary alicyclic amines) is 1. The summed E-state index contributed by atoms with van der Waals surface area (Å²) in [5, 5.41) is 17.9. The average molecular weight is 244 g/mol. The molecule has 0 bridgehead atoms. The minimum Gasteiger partial charge on any atom is -0.481 e. The lowest BCUT2D eigenvalue weighted by atomic mass is 9.98. The molecule has 1 saturated heterocycles. The summed E-state index contributed by atoms with van der Waals surface area (Å²) >= 11 is 0. The van der Waals surface area contributed by atoms with Crippen LogP contribution in [0.15, 0.2) is 0 Å². The van der Waals surface area contributed by atoms with E-state index in [0.717, 1.165) is 0 Å². The third-order valence-corrected chi connectivity index (χ3v) is 3.27. The van der Waals surface area contributed by atoms with E-state index in [1.54, 1.807) is 18.9 Å². The number of carbonyl (C=O) groups excluding carboxylic acids is 1. The van der Waals surface area contributed by atoms with E-state index in [0.29, 0.717) is 19.4 Å². The third-order valence-electron chi connectivity index (χ3n) is 3.27. The van der Waals surface area contributed by atoms with Crippen molar-refractivity contribution >= 4 is 12.0 Å². The highest BCUT2D eigenvalue weighted by atomic mass is 16.4. The summed E-state index contributed by atoms with van der Waals surface area (Å²) in [6, 6.07) is -0.467. The lowest BCUT2D eigenvalue weighted by Crippen LogP contribution is -2.50. The van der Waals surface area contributed by atoms with Gasteiger partial charge in [-0.2, -0.15) is 0 Å². The molecule has 0 radical (unpaired) electrons. The highest BCUT2D eigenvalue weighted by Gasteiger charge is 2.30. The summed E-state index contributed by atoms with van der Waals surface area (Å²) in [6.45, 7) is 2.50. The van der Waals surface area contributed by atoms with Gasteiger partial charge in [-0.25, -0.2) is 4.79 Å². The van der Waals surface area contributed by atoms with E-state index < -0.39 is 11.9 Å². The van der Waals surface area contributed by atoms with Crippen LogP contribution in [0.1, 0.15) is 19.8 Å². The van der Waals surface area contributed by atoms with Crippen molar-refractivity contribution < 1.29 is 19.8 Å². The van der Waals surface area contributed by atoms with Crippen LogP contribution in [0.25, 0.3) is 0 Å². The van der Waals surface area contributed by atoms with Crippen molar-refractivity contribution in [1.82, 2.24) is 9.80 Å². The zero-order valence-corrected chi connectivity index (χ0v) is 10.3. The van der Waals surface area contributed by atoms with Crippen LogP contribution < -0.4 is 0 Å². The number of piperidine rings is 1. The minimum atomic E-state index is -0.847. The van der Waals surface area contributed by atoms with Gasteiger partial charge in [0.25, 0.3) is 0 Å². The van der Waals surface area contributed by atoms with Crippen molar-refractivity contribution in [2.75, 3.05) is 26.7 Å². The number of nitrogens with zero attached hydrogens (tertiary/aromatic N) is 2. The number of hydrogen-bond donors (Lipinski definition) is 2. The van der Waals surface area contributed by atoms with Crippen molar-refractivity contribution in [1.29, 1.82) is 0 Å².